The minimum absolute atomic E-state index is 0.136. The van der Waals surface area contributed by atoms with E-state index in [4.69, 9.17) is 4.52 Å². The van der Waals surface area contributed by atoms with Crippen molar-refractivity contribution < 1.29 is 9.63 Å². The first-order valence-corrected chi connectivity index (χ1v) is 9.86. The average Bonchev–Trinajstić information content (AvgIpc) is 3.20. The van der Waals surface area contributed by atoms with Crippen LogP contribution in [-0.4, -0.2) is 39.4 Å². The number of aromatic nitrogens is 3. The van der Waals surface area contributed by atoms with Crippen molar-refractivity contribution in [3.05, 3.63) is 72.2 Å². The molecule has 3 heterocycles. The summed E-state index contributed by atoms with van der Waals surface area (Å²) in [7, 11) is 0. The Labute approximate surface area is 168 Å². The zero-order chi connectivity index (χ0) is 19.8. The number of aryl methyl sites for hydroxylation is 1. The quantitative estimate of drug-likeness (QED) is 0.575. The monoisotopic (exact) mass is 386 g/mol. The number of aliphatic hydroxyl groups excluding tert-OH is 1. The van der Waals surface area contributed by atoms with Crippen LogP contribution >= 0.6 is 0 Å². The molecule has 5 rings (SSSR count). The van der Waals surface area contributed by atoms with Gasteiger partial charge in [0, 0.05) is 25.2 Å². The molecule has 0 bridgehead atoms. The molecule has 0 aliphatic carbocycles. The lowest BCUT2D eigenvalue weighted by atomic mass is 9.86. The Hall–Kier alpha value is -3.25. The normalized spacial score (nSPS) is 19.6. The molecule has 6 nitrogen and oxygen atoms in total. The van der Waals surface area contributed by atoms with Crippen LogP contribution in [0.2, 0.25) is 0 Å². The van der Waals surface area contributed by atoms with E-state index in [1.54, 1.807) is 13.1 Å². The zero-order valence-corrected chi connectivity index (χ0v) is 16.2. The molecule has 0 unspecified atom stereocenters. The van der Waals surface area contributed by atoms with E-state index in [9.17, 15) is 5.11 Å². The summed E-state index contributed by atoms with van der Waals surface area (Å²) in [5, 5.41) is 17.1. The van der Waals surface area contributed by atoms with Crippen molar-refractivity contribution in [2.24, 2.45) is 0 Å². The maximum atomic E-state index is 10.9. The summed E-state index contributed by atoms with van der Waals surface area (Å²) in [4.78, 5) is 10.9. The molecule has 1 aliphatic rings. The fourth-order valence-corrected chi connectivity index (χ4v) is 4.08. The Bertz CT molecular complexity index is 1140. The molecule has 6 heteroatoms. The number of hydrogen-bond donors (Lipinski definition) is 1. The first kappa shape index (κ1) is 17.8. The van der Waals surface area contributed by atoms with Crippen molar-refractivity contribution in [2.45, 2.75) is 25.4 Å². The molecular weight excluding hydrogens is 364 g/mol. The van der Waals surface area contributed by atoms with Crippen molar-refractivity contribution in [3.63, 3.8) is 0 Å². The van der Waals surface area contributed by atoms with Gasteiger partial charge in [0.1, 0.15) is 5.82 Å². The summed E-state index contributed by atoms with van der Waals surface area (Å²) in [6.45, 7) is 3.19. The molecule has 0 amide bonds. The van der Waals surface area contributed by atoms with Gasteiger partial charge in [-0.05, 0) is 41.8 Å². The minimum atomic E-state index is -0.440. The average molecular weight is 386 g/mol. The number of nitrogens with zero attached hydrogens (tertiary/aromatic N) is 4. The highest BCUT2D eigenvalue weighted by atomic mass is 16.5. The molecule has 0 radical (unpaired) electrons. The predicted octanol–water partition coefficient (Wildman–Crippen LogP) is 3.95. The lowest BCUT2D eigenvalue weighted by Gasteiger charge is -2.37. The number of anilines is 1. The number of pyridine rings is 1. The van der Waals surface area contributed by atoms with Gasteiger partial charge >= 0.3 is 0 Å². The number of benzene rings is 2. The van der Waals surface area contributed by atoms with E-state index in [0.29, 0.717) is 18.3 Å². The van der Waals surface area contributed by atoms with Crippen LogP contribution < -0.4 is 4.90 Å². The Morgan fingerprint density at radius 1 is 1.07 bits per heavy atom. The molecule has 0 saturated carbocycles. The molecule has 1 N–H and O–H groups in total. The van der Waals surface area contributed by atoms with Gasteiger partial charge in [-0.1, -0.05) is 47.6 Å². The minimum Gasteiger partial charge on any atom is -0.391 e. The highest BCUT2D eigenvalue weighted by Crippen LogP contribution is 2.32. The molecule has 2 aromatic heterocycles. The van der Waals surface area contributed by atoms with Crippen molar-refractivity contribution in [1.82, 2.24) is 15.1 Å². The summed E-state index contributed by atoms with van der Waals surface area (Å²) in [5.74, 6) is 2.05. The Morgan fingerprint density at radius 3 is 2.66 bits per heavy atom. The number of rotatable bonds is 3. The zero-order valence-electron chi connectivity index (χ0n) is 16.2. The van der Waals surface area contributed by atoms with Crippen LogP contribution in [0.3, 0.4) is 0 Å². The van der Waals surface area contributed by atoms with Crippen LogP contribution in [-0.2, 0) is 0 Å². The molecule has 1 aliphatic heterocycles. The summed E-state index contributed by atoms with van der Waals surface area (Å²) >= 11 is 0. The van der Waals surface area contributed by atoms with Gasteiger partial charge in [-0.15, -0.1) is 0 Å². The summed E-state index contributed by atoms with van der Waals surface area (Å²) in [5.41, 5.74) is 1.99. The van der Waals surface area contributed by atoms with Crippen LogP contribution in [0, 0.1) is 6.92 Å². The summed E-state index contributed by atoms with van der Waals surface area (Å²) in [6, 6.07) is 18.7. The maximum absolute atomic E-state index is 10.9. The van der Waals surface area contributed by atoms with Gasteiger partial charge < -0.3 is 14.5 Å². The SMILES string of the molecule is Cc1noc(-c2ccc(N3CC[C@@H](c4ccc5ccccc5c4)[C@H](O)C3)nc2)n1. The second-order valence-corrected chi connectivity index (χ2v) is 7.57. The van der Waals surface area contributed by atoms with Crippen LogP contribution in [0.5, 0.6) is 0 Å². The van der Waals surface area contributed by atoms with E-state index < -0.39 is 6.10 Å². The van der Waals surface area contributed by atoms with Crippen LogP contribution in [0.4, 0.5) is 5.82 Å². The molecule has 29 heavy (non-hydrogen) atoms. The number of piperidine rings is 1. The van der Waals surface area contributed by atoms with E-state index in [-0.39, 0.29) is 5.92 Å². The standard InChI is InChI=1S/C23H22N4O2/c1-15-25-23(29-26-15)19-8-9-22(24-13-19)27-11-10-20(21(28)14-27)18-7-6-16-4-2-3-5-17(16)12-18/h2-9,12-13,20-21,28H,10-11,14H2,1H3/t20-,21+/m0/s1. The number of aliphatic hydroxyl groups is 1. The molecular formula is C23H22N4O2. The largest absolute Gasteiger partial charge is 0.391 e. The lowest BCUT2D eigenvalue weighted by Crippen LogP contribution is -2.43. The smallest absolute Gasteiger partial charge is 0.259 e. The Morgan fingerprint density at radius 2 is 1.93 bits per heavy atom. The molecule has 1 saturated heterocycles. The number of hydrogen-bond acceptors (Lipinski definition) is 6. The highest BCUT2D eigenvalue weighted by molar-refractivity contribution is 5.83. The van der Waals surface area contributed by atoms with E-state index in [1.165, 1.54) is 16.3 Å². The molecule has 146 valence electrons. The van der Waals surface area contributed by atoms with Crippen LogP contribution in [0.1, 0.15) is 23.7 Å². The molecule has 2 atom stereocenters. The number of fused-ring (bicyclic) bond motifs is 1. The van der Waals surface area contributed by atoms with Gasteiger partial charge in [-0.25, -0.2) is 4.98 Å². The van der Waals surface area contributed by atoms with Gasteiger partial charge in [0.2, 0.25) is 0 Å². The van der Waals surface area contributed by atoms with Gasteiger partial charge in [0.25, 0.3) is 5.89 Å². The molecule has 4 aromatic rings. The van der Waals surface area contributed by atoms with E-state index >= 15 is 0 Å². The van der Waals surface area contributed by atoms with Crippen LogP contribution in [0.25, 0.3) is 22.2 Å². The molecule has 2 aromatic carbocycles. The number of β-amino-alcohol motifs (C(OH)–C–C–N with tert-alkyl or cyclic N) is 1. The van der Waals surface area contributed by atoms with Crippen molar-refractivity contribution in [1.29, 1.82) is 0 Å². The highest BCUT2D eigenvalue weighted by Gasteiger charge is 2.29. The van der Waals surface area contributed by atoms with Gasteiger partial charge in [-0.3, -0.25) is 0 Å². The van der Waals surface area contributed by atoms with E-state index in [0.717, 1.165) is 24.3 Å². The fraction of sp³-hybridized carbons (Fsp3) is 0.261. The van der Waals surface area contributed by atoms with Gasteiger partial charge in [-0.2, -0.15) is 4.98 Å². The predicted molar refractivity (Wildman–Crippen MR) is 112 cm³/mol. The van der Waals surface area contributed by atoms with E-state index in [1.807, 2.05) is 18.2 Å². The molecule has 1 fully saturated rings. The third kappa shape index (κ3) is 3.47. The van der Waals surface area contributed by atoms with Crippen LogP contribution in [0.15, 0.2) is 65.3 Å². The summed E-state index contributed by atoms with van der Waals surface area (Å²) in [6.07, 6.45) is 2.18. The summed E-state index contributed by atoms with van der Waals surface area (Å²) < 4.78 is 5.19. The fourth-order valence-electron chi connectivity index (χ4n) is 4.08. The Kier molecular flexibility index (Phi) is 4.48. The van der Waals surface area contributed by atoms with Crippen molar-refractivity contribution >= 4 is 16.6 Å². The van der Waals surface area contributed by atoms with Crippen molar-refractivity contribution in [3.8, 4) is 11.5 Å². The third-order valence-electron chi connectivity index (χ3n) is 5.63. The van der Waals surface area contributed by atoms with Gasteiger partial charge in [0.15, 0.2) is 5.82 Å². The lowest BCUT2D eigenvalue weighted by molar-refractivity contribution is 0.129. The second-order valence-electron chi connectivity index (χ2n) is 7.57. The van der Waals surface area contributed by atoms with Gasteiger partial charge in [0.05, 0.1) is 11.7 Å². The molecule has 0 spiro atoms. The van der Waals surface area contributed by atoms with Crippen molar-refractivity contribution in [2.75, 3.05) is 18.0 Å². The maximum Gasteiger partial charge on any atom is 0.259 e. The Balaban J connectivity index is 1.31. The first-order valence-electron chi connectivity index (χ1n) is 9.86. The first-order chi connectivity index (χ1) is 14.2. The van der Waals surface area contributed by atoms with E-state index in [2.05, 4.69) is 56.4 Å². The topological polar surface area (TPSA) is 75.3 Å². The second kappa shape index (κ2) is 7.29. The third-order valence-corrected chi connectivity index (χ3v) is 5.63.